The Morgan fingerprint density at radius 2 is 1.18 bits per heavy atom. The SMILES string of the molecule is Cc1ccc(NC(=O)Nc2ccc(C)c(Oc3cnc(C#N)c(F)c3)c2)cc1Oc1cnc(C#N)c(F)c1. The first-order valence-electron chi connectivity index (χ1n) is 11.0. The molecular weight excluding hydrogens is 494 g/mol. The van der Waals surface area contributed by atoms with Crippen LogP contribution in [0.2, 0.25) is 0 Å². The molecule has 11 heteroatoms. The van der Waals surface area contributed by atoms with Crippen LogP contribution in [0, 0.1) is 48.1 Å². The summed E-state index contributed by atoms with van der Waals surface area (Å²) in [5.74, 6) is -0.728. The lowest BCUT2D eigenvalue weighted by molar-refractivity contribution is 0.262. The Morgan fingerprint density at radius 3 is 1.55 bits per heavy atom. The van der Waals surface area contributed by atoms with Crippen molar-refractivity contribution >= 4 is 17.4 Å². The lowest BCUT2D eigenvalue weighted by Gasteiger charge is -2.14. The van der Waals surface area contributed by atoms with Gasteiger partial charge in [-0.2, -0.15) is 10.5 Å². The minimum Gasteiger partial charge on any atom is -0.455 e. The molecule has 0 spiro atoms. The van der Waals surface area contributed by atoms with Crippen molar-refractivity contribution < 1.29 is 23.0 Å². The van der Waals surface area contributed by atoms with E-state index in [0.717, 1.165) is 23.3 Å². The fraction of sp³-hybridized carbons (Fsp3) is 0.0741. The smallest absolute Gasteiger partial charge is 0.323 e. The number of nitrogens with zero attached hydrogens (tertiary/aromatic N) is 4. The lowest BCUT2D eigenvalue weighted by Crippen LogP contribution is -2.19. The molecule has 0 radical (unpaired) electrons. The quantitative estimate of drug-likeness (QED) is 0.308. The molecule has 0 bridgehead atoms. The van der Waals surface area contributed by atoms with Crippen LogP contribution in [0.15, 0.2) is 60.9 Å². The Bertz CT molecular complexity index is 1510. The molecule has 0 aliphatic heterocycles. The summed E-state index contributed by atoms with van der Waals surface area (Å²) in [5, 5.41) is 23.0. The third-order valence-electron chi connectivity index (χ3n) is 5.19. The number of carbonyl (C=O) groups excluding carboxylic acids is 1. The molecule has 0 saturated heterocycles. The van der Waals surface area contributed by atoms with E-state index in [1.54, 1.807) is 62.4 Å². The maximum Gasteiger partial charge on any atom is 0.323 e. The number of nitriles is 2. The number of aromatic nitrogens is 2. The molecule has 2 aromatic carbocycles. The van der Waals surface area contributed by atoms with Crippen LogP contribution < -0.4 is 20.1 Å². The van der Waals surface area contributed by atoms with E-state index in [1.165, 1.54) is 12.4 Å². The Morgan fingerprint density at radius 1 is 0.763 bits per heavy atom. The van der Waals surface area contributed by atoms with E-state index in [9.17, 15) is 13.6 Å². The van der Waals surface area contributed by atoms with Gasteiger partial charge in [-0.25, -0.2) is 23.5 Å². The Balaban J connectivity index is 1.45. The van der Waals surface area contributed by atoms with Gasteiger partial charge in [0.05, 0.1) is 12.4 Å². The van der Waals surface area contributed by atoms with Crippen molar-refractivity contribution in [1.82, 2.24) is 9.97 Å². The van der Waals surface area contributed by atoms with Gasteiger partial charge in [0.25, 0.3) is 0 Å². The second kappa shape index (κ2) is 11.0. The molecule has 0 aliphatic carbocycles. The van der Waals surface area contributed by atoms with E-state index >= 15 is 0 Å². The van der Waals surface area contributed by atoms with Gasteiger partial charge in [0, 0.05) is 35.6 Å². The molecule has 38 heavy (non-hydrogen) atoms. The van der Waals surface area contributed by atoms with E-state index in [4.69, 9.17) is 20.0 Å². The van der Waals surface area contributed by atoms with Crippen molar-refractivity contribution in [3.05, 3.63) is 95.1 Å². The monoisotopic (exact) mass is 512 g/mol. The van der Waals surface area contributed by atoms with Crippen molar-refractivity contribution in [3.8, 4) is 35.1 Å². The molecule has 2 amide bonds. The van der Waals surface area contributed by atoms with Crippen molar-refractivity contribution in [2.75, 3.05) is 10.6 Å². The number of halogens is 2. The van der Waals surface area contributed by atoms with Gasteiger partial charge < -0.3 is 20.1 Å². The number of amides is 2. The number of pyridine rings is 2. The Labute approximate surface area is 215 Å². The molecule has 9 nitrogen and oxygen atoms in total. The van der Waals surface area contributed by atoms with Gasteiger partial charge >= 0.3 is 6.03 Å². The molecule has 188 valence electrons. The van der Waals surface area contributed by atoms with E-state index in [0.29, 0.717) is 22.9 Å². The number of nitrogens with one attached hydrogen (secondary N) is 2. The highest BCUT2D eigenvalue weighted by Crippen LogP contribution is 2.30. The molecule has 4 aromatic rings. The normalized spacial score (nSPS) is 10.2. The summed E-state index contributed by atoms with van der Waals surface area (Å²) >= 11 is 0. The number of hydrogen-bond donors (Lipinski definition) is 2. The van der Waals surface area contributed by atoms with Crippen LogP contribution in [0.5, 0.6) is 23.0 Å². The minimum absolute atomic E-state index is 0.0933. The Hall–Kier alpha value is -5.55. The van der Waals surface area contributed by atoms with Crippen LogP contribution in [-0.2, 0) is 0 Å². The highest BCUT2D eigenvalue weighted by Gasteiger charge is 2.12. The maximum absolute atomic E-state index is 13.9. The number of anilines is 2. The Kier molecular flexibility index (Phi) is 7.40. The molecule has 4 rings (SSSR count). The predicted molar refractivity (Wildman–Crippen MR) is 133 cm³/mol. The van der Waals surface area contributed by atoms with Crippen LogP contribution in [0.4, 0.5) is 25.0 Å². The van der Waals surface area contributed by atoms with Crippen molar-refractivity contribution in [1.29, 1.82) is 10.5 Å². The van der Waals surface area contributed by atoms with Crippen LogP contribution in [0.1, 0.15) is 22.5 Å². The lowest BCUT2D eigenvalue weighted by atomic mass is 10.2. The zero-order valence-electron chi connectivity index (χ0n) is 20.0. The van der Waals surface area contributed by atoms with Gasteiger partial charge in [0.1, 0.15) is 35.1 Å². The molecule has 0 atom stereocenters. The highest BCUT2D eigenvalue weighted by atomic mass is 19.1. The molecule has 2 N–H and O–H groups in total. The zero-order chi connectivity index (χ0) is 27.2. The van der Waals surface area contributed by atoms with Crippen molar-refractivity contribution in [2.24, 2.45) is 0 Å². The molecule has 0 aliphatic rings. The van der Waals surface area contributed by atoms with E-state index in [1.807, 2.05) is 0 Å². The summed E-state index contributed by atoms with van der Waals surface area (Å²) in [5.41, 5.74) is 1.54. The van der Waals surface area contributed by atoms with Gasteiger partial charge in [0.2, 0.25) is 0 Å². The molecule has 0 saturated carbocycles. The molecule has 2 heterocycles. The van der Waals surface area contributed by atoms with E-state index in [-0.39, 0.29) is 22.9 Å². The standard InChI is InChI=1S/C27H18F2N6O3/c1-15-3-5-17(7-25(15)37-19-9-21(28)23(11-30)32-13-19)34-27(36)35-18-6-4-16(2)26(8-18)38-20-10-22(29)24(12-31)33-14-20/h3-10,13-14H,1-2H3,(H2,34,35,36). The first-order valence-corrected chi connectivity index (χ1v) is 11.0. The number of rotatable bonds is 6. The third-order valence-corrected chi connectivity index (χ3v) is 5.19. The summed E-state index contributed by atoms with van der Waals surface area (Å²) < 4.78 is 39.1. The third kappa shape index (κ3) is 5.98. The average Bonchev–Trinajstić information content (AvgIpc) is 2.88. The second-order valence-electron chi connectivity index (χ2n) is 7.97. The average molecular weight is 512 g/mol. The second-order valence-corrected chi connectivity index (χ2v) is 7.97. The van der Waals surface area contributed by atoms with Crippen molar-refractivity contribution in [2.45, 2.75) is 13.8 Å². The first-order chi connectivity index (χ1) is 18.2. The van der Waals surface area contributed by atoms with Crippen molar-refractivity contribution in [3.63, 3.8) is 0 Å². The molecule has 2 aromatic heterocycles. The topological polar surface area (TPSA) is 133 Å². The fourth-order valence-electron chi connectivity index (χ4n) is 3.24. The summed E-state index contributed by atoms with van der Waals surface area (Å²) in [6, 6.07) is 14.7. The number of aryl methyl sites for hydroxylation is 2. The van der Waals surface area contributed by atoms with Gasteiger partial charge in [-0.05, 0) is 37.1 Å². The fourth-order valence-corrected chi connectivity index (χ4v) is 3.24. The molecule has 0 unspecified atom stereocenters. The highest BCUT2D eigenvalue weighted by molar-refractivity contribution is 6.00. The van der Waals surface area contributed by atoms with E-state index in [2.05, 4.69) is 20.6 Å². The number of carbonyl (C=O) groups is 1. The summed E-state index contributed by atoms with van der Waals surface area (Å²) in [4.78, 5) is 20.0. The number of hydrogen-bond acceptors (Lipinski definition) is 7. The van der Waals surface area contributed by atoms with Crippen LogP contribution in [0.3, 0.4) is 0 Å². The van der Waals surface area contributed by atoms with Gasteiger partial charge in [-0.3, -0.25) is 0 Å². The predicted octanol–water partition coefficient (Wildman–Crippen LogP) is 6.34. The number of ether oxygens (including phenoxy) is 2. The summed E-state index contributed by atoms with van der Waals surface area (Å²) in [7, 11) is 0. The van der Waals surface area contributed by atoms with E-state index < -0.39 is 17.7 Å². The molecular formula is C27H18F2N6O3. The molecule has 0 fully saturated rings. The summed E-state index contributed by atoms with van der Waals surface area (Å²) in [6.07, 6.45) is 2.46. The van der Waals surface area contributed by atoms with Crippen LogP contribution in [0.25, 0.3) is 0 Å². The van der Waals surface area contributed by atoms with Crippen LogP contribution in [-0.4, -0.2) is 16.0 Å². The number of benzene rings is 2. The van der Waals surface area contributed by atoms with Gasteiger partial charge in [0.15, 0.2) is 23.0 Å². The van der Waals surface area contributed by atoms with Crippen LogP contribution >= 0.6 is 0 Å². The summed E-state index contributed by atoms with van der Waals surface area (Å²) in [6.45, 7) is 3.55. The largest absolute Gasteiger partial charge is 0.455 e. The maximum atomic E-state index is 13.9. The number of urea groups is 1. The zero-order valence-corrected chi connectivity index (χ0v) is 20.0. The first kappa shape index (κ1) is 25.5. The minimum atomic E-state index is -0.807. The van der Waals surface area contributed by atoms with Gasteiger partial charge in [-0.15, -0.1) is 0 Å². The van der Waals surface area contributed by atoms with Gasteiger partial charge in [-0.1, -0.05) is 12.1 Å².